The number of aliphatic hydroxyl groups excluding tert-OH is 1. The van der Waals surface area contributed by atoms with Crippen molar-refractivity contribution >= 4 is 11.1 Å². The Bertz CT molecular complexity index is 372. The third-order valence-electron chi connectivity index (χ3n) is 1.93. The van der Waals surface area contributed by atoms with Gasteiger partial charge in [0.25, 0.3) is 0 Å². The molecule has 11 heavy (non-hydrogen) atoms. The van der Waals surface area contributed by atoms with Crippen LogP contribution in [0.15, 0.2) is 22.8 Å². The maximum absolute atomic E-state index is 8.88. The van der Waals surface area contributed by atoms with E-state index in [0.717, 1.165) is 16.8 Å². The molecule has 3 heteroatoms. The van der Waals surface area contributed by atoms with E-state index >= 15 is 0 Å². The summed E-state index contributed by atoms with van der Waals surface area (Å²) in [5.74, 6) is 0. The highest BCUT2D eigenvalue weighted by atomic mass is 16.3. The molecule has 0 amide bonds. The second kappa shape index (κ2) is 2.13. The van der Waals surface area contributed by atoms with Crippen LogP contribution in [-0.4, -0.2) is 9.67 Å². The van der Waals surface area contributed by atoms with Gasteiger partial charge < -0.3 is 14.1 Å². The van der Waals surface area contributed by atoms with Crippen LogP contribution in [0.1, 0.15) is 5.69 Å². The Morgan fingerprint density at radius 3 is 3.09 bits per heavy atom. The lowest BCUT2D eigenvalue weighted by Crippen LogP contribution is -1.93. The monoisotopic (exact) mass is 151 g/mol. The molecule has 0 aliphatic heterocycles. The maximum Gasteiger partial charge on any atom is 0.152 e. The van der Waals surface area contributed by atoms with Crippen molar-refractivity contribution in [3.05, 3.63) is 24.1 Å². The standard InChI is InChI=1S/C8H9NO2/c1-9-6(5-10)4-8-7(9)2-3-11-8/h2-4,10H,5H2,1H3. The molecular weight excluding hydrogens is 142 g/mol. The van der Waals surface area contributed by atoms with E-state index in [1.54, 1.807) is 6.26 Å². The Morgan fingerprint density at radius 2 is 2.45 bits per heavy atom. The van der Waals surface area contributed by atoms with Gasteiger partial charge in [-0.3, -0.25) is 0 Å². The van der Waals surface area contributed by atoms with Crippen LogP contribution in [0.4, 0.5) is 0 Å². The zero-order chi connectivity index (χ0) is 7.84. The largest absolute Gasteiger partial charge is 0.463 e. The number of rotatable bonds is 1. The molecule has 2 rings (SSSR count). The number of aromatic nitrogens is 1. The van der Waals surface area contributed by atoms with Crippen LogP contribution in [0.5, 0.6) is 0 Å². The van der Waals surface area contributed by atoms with Crippen molar-refractivity contribution in [2.75, 3.05) is 0 Å². The second-order valence-corrected chi connectivity index (χ2v) is 2.52. The number of furan rings is 1. The minimum absolute atomic E-state index is 0.0562. The van der Waals surface area contributed by atoms with Gasteiger partial charge in [0, 0.05) is 24.9 Å². The zero-order valence-electron chi connectivity index (χ0n) is 6.24. The molecule has 0 radical (unpaired) electrons. The molecule has 2 aromatic rings. The number of nitrogens with zero attached hydrogens (tertiary/aromatic N) is 1. The zero-order valence-corrected chi connectivity index (χ0v) is 6.24. The van der Waals surface area contributed by atoms with Gasteiger partial charge in [-0.25, -0.2) is 0 Å². The molecule has 0 fully saturated rings. The van der Waals surface area contributed by atoms with Gasteiger partial charge >= 0.3 is 0 Å². The quantitative estimate of drug-likeness (QED) is 0.666. The lowest BCUT2D eigenvalue weighted by atomic mass is 10.4. The summed E-state index contributed by atoms with van der Waals surface area (Å²) in [5.41, 5.74) is 2.73. The summed E-state index contributed by atoms with van der Waals surface area (Å²) in [6.07, 6.45) is 1.64. The Balaban J connectivity index is 2.76. The van der Waals surface area contributed by atoms with Gasteiger partial charge in [0.1, 0.15) is 0 Å². The number of hydrogen-bond donors (Lipinski definition) is 1. The first-order valence-corrected chi connectivity index (χ1v) is 3.45. The molecular formula is C8H9NO2. The molecule has 1 N–H and O–H groups in total. The number of aryl methyl sites for hydroxylation is 1. The SMILES string of the molecule is Cn1c(CO)cc2occc21. The van der Waals surface area contributed by atoms with Gasteiger partial charge in [0.15, 0.2) is 5.58 Å². The van der Waals surface area contributed by atoms with E-state index in [4.69, 9.17) is 9.52 Å². The lowest BCUT2D eigenvalue weighted by Gasteiger charge is -1.96. The average molecular weight is 151 g/mol. The molecule has 0 atom stereocenters. The summed E-state index contributed by atoms with van der Waals surface area (Å²) in [6.45, 7) is 0.0562. The molecule has 2 heterocycles. The van der Waals surface area contributed by atoms with E-state index < -0.39 is 0 Å². The fraction of sp³-hybridized carbons (Fsp3) is 0.250. The van der Waals surface area contributed by atoms with Crippen LogP contribution >= 0.6 is 0 Å². The first-order chi connectivity index (χ1) is 5.33. The van der Waals surface area contributed by atoms with Crippen molar-refractivity contribution in [3.63, 3.8) is 0 Å². The summed E-state index contributed by atoms with van der Waals surface area (Å²) < 4.78 is 7.06. The van der Waals surface area contributed by atoms with Crippen LogP contribution in [0.25, 0.3) is 11.1 Å². The van der Waals surface area contributed by atoms with Crippen molar-refractivity contribution in [3.8, 4) is 0 Å². The van der Waals surface area contributed by atoms with Crippen molar-refractivity contribution in [1.29, 1.82) is 0 Å². The molecule has 0 spiro atoms. The maximum atomic E-state index is 8.88. The second-order valence-electron chi connectivity index (χ2n) is 2.52. The Morgan fingerprint density at radius 1 is 1.64 bits per heavy atom. The van der Waals surface area contributed by atoms with Crippen LogP contribution < -0.4 is 0 Å². The van der Waals surface area contributed by atoms with E-state index in [-0.39, 0.29) is 6.61 Å². The van der Waals surface area contributed by atoms with E-state index in [0.29, 0.717) is 0 Å². The van der Waals surface area contributed by atoms with E-state index in [2.05, 4.69) is 0 Å². The third kappa shape index (κ3) is 0.778. The molecule has 0 unspecified atom stereocenters. The van der Waals surface area contributed by atoms with Gasteiger partial charge in [-0.2, -0.15) is 0 Å². The Labute approximate surface area is 63.9 Å². The molecule has 3 nitrogen and oxygen atoms in total. The van der Waals surface area contributed by atoms with Crippen LogP contribution in [0.3, 0.4) is 0 Å². The van der Waals surface area contributed by atoms with Crippen LogP contribution in [0, 0.1) is 0 Å². The first-order valence-electron chi connectivity index (χ1n) is 3.45. The van der Waals surface area contributed by atoms with Gasteiger partial charge in [0.2, 0.25) is 0 Å². The molecule has 0 saturated carbocycles. The summed E-state index contributed by atoms with van der Waals surface area (Å²) in [5, 5.41) is 8.88. The molecule has 58 valence electrons. The predicted octanol–water partition coefficient (Wildman–Crippen LogP) is 1.26. The fourth-order valence-corrected chi connectivity index (χ4v) is 1.25. The summed E-state index contributed by atoms with van der Waals surface area (Å²) in [7, 11) is 1.91. The molecule has 0 aliphatic rings. The Hall–Kier alpha value is -1.22. The summed E-state index contributed by atoms with van der Waals surface area (Å²) in [6, 6.07) is 3.73. The van der Waals surface area contributed by atoms with Crippen molar-refractivity contribution < 1.29 is 9.52 Å². The number of fused-ring (bicyclic) bond motifs is 1. The van der Waals surface area contributed by atoms with E-state index in [1.807, 2.05) is 23.7 Å². The summed E-state index contributed by atoms with van der Waals surface area (Å²) >= 11 is 0. The molecule has 0 aromatic carbocycles. The van der Waals surface area contributed by atoms with E-state index in [1.165, 1.54) is 0 Å². The predicted molar refractivity (Wildman–Crippen MR) is 41.1 cm³/mol. The van der Waals surface area contributed by atoms with Crippen LogP contribution in [-0.2, 0) is 13.7 Å². The minimum Gasteiger partial charge on any atom is -0.463 e. The van der Waals surface area contributed by atoms with Crippen molar-refractivity contribution in [2.45, 2.75) is 6.61 Å². The fourth-order valence-electron chi connectivity index (χ4n) is 1.25. The minimum atomic E-state index is 0.0562. The average Bonchev–Trinajstić information content (AvgIpc) is 2.53. The number of aliphatic hydroxyl groups is 1. The highest BCUT2D eigenvalue weighted by Crippen LogP contribution is 2.18. The molecule has 0 saturated heterocycles. The van der Waals surface area contributed by atoms with Gasteiger partial charge in [0.05, 0.1) is 18.4 Å². The smallest absolute Gasteiger partial charge is 0.152 e. The first kappa shape index (κ1) is 6.49. The van der Waals surface area contributed by atoms with Gasteiger partial charge in [-0.1, -0.05) is 0 Å². The highest BCUT2D eigenvalue weighted by molar-refractivity contribution is 5.75. The Kier molecular flexibility index (Phi) is 1.26. The number of hydrogen-bond acceptors (Lipinski definition) is 2. The van der Waals surface area contributed by atoms with Crippen molar-refractivity contribution in [2.24, 2.45) is 7.05 Å². The van der Waals surface area contributed by atoms with E-state index in [9.17, 15) is 0 Å². The third-order valence-corrected chi connectivity index (χ3v) is 1.93. The highest BCUT2D eigenvalue weighted by Gasteiger charge is 2.05. The van der Waals surface area contributed by atoms with Crippen LogP contribution in [0.2, 0.25) is 0 Å². The summed E-state index contributed by atoms with van der Waals surface area (Å²) in [4.78, 5) is 0. The molecule has 0 bridgehead atoms. The lowest BCUT2D eigenvalue weighted by molar-refractivity contribution is 0.273. The van der Waals surface area contributed by atoms with Crippen molar-refractivity contribution in [1.82, 2.24) is 4.57 Å². The molecule has 2 aromatic heterocycles. The van der Waals surface area contributed by atoms with Gasteiger partial charge in [-0.05, 0) is 0 Å². The topological polar surface area (TPSA) is 38.3 Å². The van der Waals surface area contributed by atoms with Gasteiger partial charge in [-0.15, -0.1) is 0 Å². The normalized spacial score (nSPS) is 11.1. The molecule has 0 aliphatic carbocycles.